The van der Waals surface area contributed by atoms with E-state index in [1.165, 1.54) is 11.3 Å². The van der Waals surface area contributed by atoms with Crippen LogP contribution < -0.4 is 5.32 Å². The fraction of sp³-hybridized carbons (Fsp3) is 0.357. The molecule has 2 heterocycles. The second-order valence-corrected chi connectivity index (χ2v) is 6.97. The molecule has 112 valence electrons. The summed E-state index contributed by atoms with van der Waals surface area (Å²) in [5.41, 5.74) is 0.988. The van der Waals surface area contributed by atoms with Crippen LogP contribution >= 0.6 is 22.7 Å². The minimum atomic E-state index is -0.936. The Morgan fingerprint density at radius 1 is 1.38 bits per heavy atom. The van der Waals surface area contributed by atoms with E-state index in [2.05, 4.69) is 10.3 Å². The van der Waals surface area contributed by atoms with Crippen LogP contribution in [0, 0.1) is 0 Å². The zero-order chi connectivity index (χ0) is 15.5. The van der Waals surface area contributed by atoms with Gasteiger partial charge in [-0.15, -0.1) is 11.3 Å². The van der Waals surface area contributed by atoms with Gasteiger partial charge in [0.05, 0.1) is 18.5 Å². The molecule has 2 aromatic rings. The van der Waals surface area contributed by atoms with Crippen molar-refractivity contribution in [2.45, 2.75) is 32.2 Å². The van der Waals surface area contributed by atoms with Crippen LogP contribution in [0.5, 0.6) is 0 Å². The lowest BCUT2D eigenvalue weighted by atomic mass is 10.0. The van der Waals surface area contributed by atoms with Crippen molar-refractivity contribution in [1.82, 2.24) is 10.3 Å². The van der Waals surface area contributed by atoms with Crippen LogP contribution in [0.2, 0.25) is 0 Å². The Hall–Kier alpha value is -1.73. The molecule has 5 nitrogen and oxygen atoms in total. The number of amides is 1. The Labute approximate surface area is 130 Å². The lowest BCUT2D eigenvalue weighted by Crippen LogP contribution is -2.45. The number of hydrogen-bond acceptors (Lipinski definition) is 5. The summed E-state index contributed by atoms with van der Waals surface area (Å²) in [5.74, 6) is -1.16. The summed E-state index contributed by atoms with van der Waals surface area (Å²) in [7, 11) is 0. The number of carbonyl (C=O) groups is 2. The highest BCUT2D eigenvalue weighted by Crippen LogP contribution is 2.25. The Balaban J connectivity index is 1.96. The van der Waals surface area contributed by atoms with E-state index in [9.17, 15) is 9.59 Å². The molecule has 21 heavy (non-hydrogen) atoms. The second kappa shape index (κ2) is 6.36. The molecule has 0 atom stereocenters. The number of nitrogens with zero attached hydrogens (tertiary/aromatic N) is 1. The number of thiophene rings is 1. The summed E-state index contributed by atoms with van der Waals surface area (Å²) in [6.45, 7) is 3.38. The van der Waals surface area contributed by atoms with E-state index in [4.69, 9.17) is 5.11 Å². The molecule has 0 spiro atoms. The third-order valence-electron chi connectivity index (χ3n) is 2.73. The molecule has 0 bridgehead atoms. The van der Waals surface area contributed by atoms with Crippen LogP contribution in [0.4, 0.5) is 0 Å². The predicted octanol–water partition coefficient (Wildman–Crippen LogP) is 2.78. The predicted molar refractivity (Wildman–Crippen MR) is 83.6 cm³/mol. The molecule has 7 heteroatoms. The molecule has 2 rings (SSSR count). The monoisotopic (exact) mass is 324 g/mol. The Bertz CT molecular complexity index is 632. The molecule has 0 saturated carbocycles. The van der Waals surface area contributed by atoms with Gasteiger partial charge in [0.2, 0.25) is 5.91 Å². The maximum Gasteiger partial charge on any atom is 0.305 e. The van der Waals surface area contributed by atoms with Gasteiger partial charge in [-0.1, -0.05) is 0 Å². The van der Waals surface area contributed by atoms with Crippen LogP contribution in [0.15, 0.2) is 22.2 Å². The summed E-state index contributed by atoms with van der Waals surface area (Å²) < 4.78 is 0. The average Bonchev–Trinajstić information content (AvgIpc) is 2.94. The maximum atomic E-state index is 12.0. The van der Waals surface area contributed by atoms with Crippen LogP contribution in [-0.4, -0.2) is 27.5 Å². The zero-order valence-corrected chi connectivity index (χ0v) is 13.4. The minimum absolute atomic E-state index is 0.115. The summed E-state index contributed by atoms with van der Waals surface area (Å²) in [6.07, 6.45) is 0.0413. The van der Waals surface area contributed by atoms with Crippen LogP contribution in [0.1, 0.15) is 26.0 Å². The normalized spacial score (nSPS) is 11.3. The highest BCUT2D eigenvalue weighted by atomic mass is 32.1. The molecule has 0 aliphatic heterocycles. The minimum Gasteiger partial charge on any atom is -0.481 e. The molecular weight excluding hydrogens is 308 g/mol. The van der Waals surface area contributed by atoms with E-state index >= 15 is 0 Å². The van der Waals surface area contributed by atoms with E-state index < -0.39 is 11.5 Å². The van der Waals surface area contributed by atoms with Crippen molar-refractivity contribution >= 4 is 34.6 Å². The molecule has 0 unspecified atom stereocenters. The smallest absolute Gasteiger partial charge is 0.305 e. The first-order valence-electron chi connectivity index (χ1n) is 6.35. The Kier molecular flexibility index (Phi) is 4.74. The number of aromatic nitrogens is 1. The molecule has 2 N–H and O–H groups in total. The van der Waals surface area contributed by atoms with Crippen LogP contribution in [0.25, 0.3) is 10.6 Å². The summed E-state index contributed by atoms with van der Waals surface area (Å²) in [6, 6.07) is 1.99. The molecule has 0 aliphatic rings. The first-order chi connectivity index (χ1) is 9.85. The number of carboxylic acids is 1. The number of thiazole rings is 1. The van der Waals surface area contributed by atoms with Crippen molar-refractivity contribution in [3.8, 4) is 10.6 Å². The largest absolute Gasteiger partial charge is 0.481 e. The number of carbonyl (C=O) groups excluding carboxylic acids is 1. The molecule has 0 aromatic carbocycles. The zero-order valence-electron chi connectivity index (χ0n) is 11.8. The first kappa shape index (κ1) is 15.7. The Morgan fingerprint density at radius 3 is 2.76 bits per heavy atom. The highest BCUT2D eigenvalue weighted by Gasteiger charge is 2.24. The second-order valence-electron chi connectivity index (χ2n) is 5.34. The standard InChI is InChI=1S/C14H16N2O3S2/c1-14(2,6-12(18)19)16-11(17)5-10-8-21-13(15-10)9-3-4-20-7-9/h3-4,7-8H,5-6H2,1-2H3,(H,16,17)(H,18,19). The van der Waals surface area contributed by atoms with E-state index in [1.807, 2.05) is 22.2 Å². The van der Waals surface area contributed by atoms with Crippen molar-refractivity contribution in [3.63, 3.8) is 0 Å². The van der Waals surface area contributed by atoms with E-state index in [0.717, 1.165) is 10.6 Å². The highest BCUT2D eigenvalue weighted by molar-refractivity contribution is 7.14. The van der Waals surface area contributed by atoms with Crippen molar-refractivity contribution in [3.05, 3.63) is 27.9 Å². The number of rotatable bonds is 6. The van der Waals surface area contributed by atoms with Gasteiger partial charge in [0.15, 0.2) is 0 Å². The van der Waals surface area contributed by atoms with Gasteiger partial charge >= 0.3 is 5.97 Å². The van der Waals surface area contributed by atoms with Gasteiger partial charge in [0, 0.05) is 21.9 Å². The van der Waals surface area contributed by atoms with Gasteiger partial charge in [-0.3, -0.25) is 9.59 Å². The van der Waals surface area contributed by atoms with Crippen LogP contribution in [-0.2, 0) is 16.0 Å². The first-order valence-corrected chi connectivity index (χ1v) is 8.18. The summed E-state index contributed by atoms with van der Waals surface area (Å²) in [4.78, 5) is 27.1. The lowest BCUT2D eigenvalue weighted by Gasteiger charge is -2.24. The number of nitrogens with one attached hydrogen (secondary N) is 1. The summed E-state index contributed by atoms with van der Waals surface area (Å²) in [5, 5.41) is 18.3. The number of hydrogen-bond donors (Lipinski definition) is 2. The van der Waals surface area contributed by atoms with Crippen molar-refractivity contribution < 1.29 is 14.7 Å². The van der Waals surface area contributed by atoms with Gasteiger partial charge in [-0.2, -0.15) is 11.3 Å². The average molecular weight is 324 g/mol. The van der Waals surface area contributed by atoms with E-state index in [-0.39, 0.29) is 18.7 Å². The molecule has 1 amide bonds. The van der Waals surface area contributed by atoms with E-state index in [1.54, 1.807) is 25.2 Å². The molecule has 0 radical (unpaired) electrons. The Morgan fingerprint density at radius 2 is 2.14 bits per heavy atom. The third-order valence-corrected chi connectivity index (χ3v) is 4.36. The fourth-order valence-corrected chi connectivity index (χ4v) is 3.45. The molecule has 0 aliphatic carbocycles. The maximum absolute atomic E-state index is 12.0. The van der Waals surface area contributed by atoms with Crippen LogP contribution in [0.3, 0.4) is 0 Å². The quantitative estimate of drug-likeness (QED) is 0.856. The molecule has 2 aromatic heterocycles. The summed E-state index contributed by atoms with van der Waals surface area (Å²) >= 11 is 3.10. The van der Waals surface area contributed by atoms with Gasteiger partial charge in [-0.05, 0) is 25.3 Å². The molecular formula is C14H16N2O3S2. The molecule has 0 saturated heterocycles. The lowest BCUT2D eigenvalue weighted by molar-refractivity contribution is -0.138. The molecule has 0 fully saturated rings. The van der Waals surface area contributed by atoms with Gasteiger partial charge in [0.1, 0.15) is 5.01 Å². The fourth-order valence-electron chi connectivity index (χ4n) is 1.92. The third kappa shape index (κ3) is 4.64. The van der Waals surface area contributed by atoms with Gasteiger partial charge < -0.3 is 10.4 Å². The van der Waals surface area contributed by atoms with Crippen molar-refractivity contribution in [1.29, 1.82) is 0 Å². The van der Waals surface area contributed by atoms with E-state index in [0.29, 0.717) is 5.69 Å². The van der Waals surface area contributed by atoms with Crippen molar-refractivity contribution in [2.75, 3.05) is 0 Å². The topological polar surface area (TPSA) is 79.3 Å². The SMILES string of the molecule is CC(C)(CC(=O)O)NC(=O)Cc1csc(-c2ccsc2)n1. The van der Waals surface area contributed by atoms with Crippen molar-refractivity contribution in [2.24, 2.45) is 0 Å². The van der Waals surface area contributed by atoms with Gasteiger partial charge in [-0.25, -0.2) is 4.98 Å². The number of aliphatic carboxylic acids is 1. The van der Waals surface area contributed by atoms with Gasteiger partial charge in [0.25, 0.3) is 0 Å². The number of carboxylic acid groups (broad SMARTS) is 1.